The van der Waals surface area contributed by atoms with E-state index in [0.29, 0.717) is 12.3 Å². The molecule has 0 fully saturated rings. The Morgan fingerprint density at radius 1 is 1.04 bits per heavy atom. The summed E-state index contributed by atoms with van der Waals surface area (Å²) in [6.07, 6.45) is 7.70. The van der Waals surface area contributed by atoms with Crippen LogP contribution in [0.4, 0.5) is 5.82 Å². The Morgan fingerprint density at radius 3 is 2.63 bits per heavy atom. The Labute approximate surface area is 159 Å². The number of nitrogens with zero attached hydrogens (tertiary/aromatic N) is 4. The van der Waals surface area contributed by atoms with E-state index in [1.54, 1.807) is 18.5 Å². The molecule has 0 saturated carbocycles. The lowest BCUT2D eigenvalue weighted by Gasteiger charge is -2.26. The van der Waals surface area contributed by atoms with E-state index >= 15 is 0 Å². The summed E-state index contributed by atoms with van der Waals surface area (Å²) in [4.78, 5) is 16.2. The summed E-state index contributed by atoms with van der Waals surface area (Å²) >= 11 is 0. The normalized spacial score (nSPS) is 12.8. The summed E-state index contributed by atoms with van der Waals surface area (Å²) in [7, 11) is 0. The predicted octanol–water partition coefficient (Wildman–Crippen LogP) is 4.15. The fourth-order valence-electron chi connectivity index (χ4n) is 3.68. The summed E-state index contributed by atoms with van der Waals surface area (Å²) in [5.41, 5.74) is 4.32. The third-order valence-corrected chi connectivity index (χ3v) is 5.00. The van der Waals surface area contributed by atoms with Gasteiger partial charge in [0.25, 0.3) is 0 Å². The summed E-state index contributed by atoms with van der Waals surface area (Å²) in [6, 6.07) is 11.4. The van der Waals surface area contributed by atoms with Crippen molar-refractivity contribution < 1.29 is 5.11 Å². The van der Waals surface area contributed by atoms with Gasteiger partial charge in [0.15, 0.2) is 5.82 Å². The molecular weight excluding hydrogens is 336 g/mol. The molecule has 0 atom stereocenters. The molecule has 0 radical (unpaired) electrons. The highest BCUT2D eigenvalue weighted by molar-refractivity contribution is 5.61. The second-order valence-corrected chi connectivity index (χ2v) is 6.94. The second kappa shape index (κ2) is 7.74. The second-order valence-electron chi connectivity index (χ2n) is 6.94. The van der Waals surface area contributed by atoms with E-state index in [-0.39, 0.29) is 0 Å². The molecule has 0 bridgehead atoms. The van der Waals surface area contributed by atoms with Gasteiger partial charge in [-0.15, -0.1) is 0 Å². The fraction of sp³-hybridized carbons (Fsp3) is 0.318. The lowest BCUT2D eigenvalue weighted by atomic mass is 10.1. The van der Waals surface area contributed by atoms with Crippen LogP contribution in [0.3, 0.4) is 0 Å². The number of fused-ring (bicyclic) bond motifs is 1. The van der Waals surface area contributed by atoms with E-state index in [4.69, 9.17) is 9.97 Å². The van der Waals surface area contributed by atoms with Gasteiger partial charge in [-0.25, -0.2) is 9.97 Å². The van der Waals surface area contributed by atoms with Gasteiger partial charge >= 0.3 is 0 Å². The molecule has 0 aliphatic heterocycles. The number of para-hydroxylation sites is 1. The molecular formula is C22H24N4O. The monoisotopic (exact) mass is 360 g/mol. The molecule has 5 nitrogen and oxygen atoms in total. The minimum absolute atomic E-state index is 0.332. The zero-order chi connectivity index (χ0) is 18.6. The molecule has 0 saturated heterocycles. The van der Waals surface area contributed by atoms with Gasteiger partial charge in [-0.3, -0.25) is 4.98 Å². The van der Waals surface area contributed by atoms with Crippen molar-refractivity contribution in [3.63, 3.8) is 0 Å². The number of hydrogen-bond acceptors (Lipinski definition) is 5. The van der Waals surface area contributed by atoms with Crippen LogP contribution in [0, 0.1) is 0 Å². The SMILES string of the molecule is CCCN(Cc1ccccc1O)c1nc(-c2ccncc2)nc2c1CCC2. The third-order valence-electron chi connectivity index (χ3n) is 5.00. The van der Waals surface area contributed by atoms with Crippen LogP contribution in [0.1, 0.15) is 36.6 Å². The first-order valence-electron chi connectivity index (χ1n) is 9.58. The topological polar surface area (TPSA) is 62.1 Å². The average Bonchev–Trinajstić information content (AvgIpc) is 3.18. The van der Waals surface area contributed by atoms with Crippen molar-refractivity contribution >= 4 is 5.82 Å². The van der Waals surface area contributed by atoms with Gasteiger partial charge in [0.05, 0.1) is 0 Å². The minimum atomic E-state index is 0.332. The van der Waals surface area contributed by atoms with Gasteiger partial charge in [0, 0.05) is 47.9 Å². The lowest BCUT2D eigenvalue weighted by molar-refractivity contribution is 0.467. The number of aromatic nitrogens is 3. The Morgan fingerprint density at radius 2 is 1.85 bits per heavy atom. The number of benzene rings is 1. The highest BCUT2D eigenvalue weighted by atomic mass is 16.3. The number of rotatable bonds is 6. The molecule has 1 N–H and O–H groups in total. The molecule has 1 aromatic carbocycles. The largest absolute Gasteiger partial charge is 0.508 e. The molecule has 138 valence electrons. The molecule has 0 unspecified atom stereocenters. The molecule has 3 aromatic rings. The Kier molecular flexibility index (Phi) is 5.01. The molecule has 5 heteroatoms. The standard InChI is InChI=1S/C22H24N4O/c1-2-14-26(15-17-6-3-4-9-20(17)27)22-18-7-5-8-19(18)24-21(25-22)16-10-12-23-13-11-16/h3-4,6,9-13,27H,2,5,7-8,14-15H2,1H3. The molecule has 1 aliphatic carbocycles. The van der Waals surface area contributed by atoms with Gasteiger partial charge in [0.2, 0.25) is 0 Å². The highest BCUT2D eigenvalue weighted by Crippen LogP contribution is 2.33. The quantitative estimate of drug-likeness (QED) is 0.715. The number of phenolic OH excluding ortho intramolecular Hbond substituents is 1. The van der Waals surface area contributed by atoms with Crippen LogP contribution >= 0.6 is 0 Å². The van der Waals surface area contributed by atoms with Crippen LogP contribution in [-0.2, 0) is 19.4 Å². The molecule has 2 heterocycles. The van der Waals surface area contributed by atoms with Crippen molar-refractivity contribution in [2.24, 2.45) is 0 Å². The minimum Gasteiger partial charge on any atom is -0.508 e. The van der Waals surface area contributed by atoms with Crippen molar-refractivity contribution in [3.8, 4) is 17.1 Å². The number of aromatic hydroxyl groups is 1. The average molecular weight is 360 g/mol. The van der Waals surface area contributed by atoms with Crippen molar-refractivity contribution in [2.75, 3.05) is 11.4 Å². The lowest BCUT2D eigenvalue weighted by Crippen LogP contribution is -2.26. The Balaban J connectivity index is 1.77. The van der Waals surface area contributed by atoms with Gasteiger partial charge in [-0.2, -0.15) is 0 Å². The first kappa shape index (κ1) is 17.5. The predicted molar refractivity (Wildman–Crippen MR) is 107 cm³/mol. The van der Waals surface area contributed by atoms with Crippen LogP contribution < -0.4 is 4.90 Å². The maximum absolute atomic E-state index is 10.2. The first-order chi connectivity index (χ1) is 13.3. The van der Waals surface area contributed by atoms with E-state index in [0.717, 1.165) is 60.7 Å². The number of hydrogen-bond donors (Lipinski definition) is 1. The van der Waals surface area contributed by atoms with Crippen molar-refractivity contribution in [1.29, 1.82) is 0 Å². The van der Waals surface area contributed by atoms with Crippen LogP contribution in [-0.4, -0.2) is 26.6 Å². The summed E-state index contributed by atoms with van der Waals surface area (Å²) < 4.78 is 0. The van der Waals surface area contributed by atoms with Crippen LogP contribution in [0.25, 0.3) is 11.4 Å². The summed E-state index contributed by atoms with van der Waals surface area (Å²) in [5.74, 6) is 2.10. The van der Waals surface area contributed by atoms with E-state index in [9.17, 15) is 5.11 Å². The van der Waals surface area contributed by atoms with Gasteiger partial charge in [-0.1, -0.05) is 25.1 Å². The first-order valence-corrected chi connectivity index (χ1v) is 9.58. The van der Waals surface area contributed by atoms with E-state index in [1.165, 1.54) is 5.56 Å². The summed E-state index contributed by atoms with van der Waals surface area (Å²) in [5, 5.41) is 10.2. The van der Waals surface area contributed by atoms with Gasteiger partial charge in [0.1, 0.15) is 11.6 Å². The van der Waals surface area contributed by atoms with Crippen LogP contribution in [0.5, 0.6) is 5.75 Å². The van der Waals surface area contributed by atoms with Crippen LogP contribution in [0.15, 0.2) is 48.8 Å². The highest BCUT2D eigenvalue weighted by Gasteiger charge is 2.23. The third kappa shape index (κ3) is 3.63. The molecule has 0 amide bonds. The van der Waals surface area contributed by atoms with E-state index < -0.39 is 0 Å². The molecule has 27 heavy (non-hydrogen) atoms. The summed E-state index contributed by atoms with van der Waals surface area (Å²) in [6.45, 7) is 3.69. The maximum Gasteiger partial charge on any atom is 0.161 e. The van der Waals surface area contributed by atoms with Crippen molar-refractivity contribution in [3.05, 3.63) is 65.6 Å². The van der Waals surface area contributed by atoms with Crippen molar-refractivity contribution in [1.82, 2.24) is 15.0 Å². The molecule has 4 rings (SSSR count). The van der Waals surface area contributed by atoms with Crippen LogP contribution in [0.2, 0.25) is 0 Å². The van der Waals surface area contributed by atoms with E-state index in [1.807, 2.05) is 30.3 Å². The number of anilines is 1. The zero-order valence-electron chi connectivity index (χ0n) is 15.6. The number of aryl methyl sites for hydroxylation is 1. The van der Waals surface area contributed by atoms with E-state index in [2.05, 4.69) is 16.8 Å². The zero-order valence-corrected chi connectivity index (χ0v) is 15.6. The number of pyridine rings is 1. The van der Waals surface area contributed by atoms with Crippen molar-refractivity contribution in [2.45, 2.75) is 39.2 Å². The Bertz CT molecular complexity index is 927. The fourth-order valence-corrected chi connectivity index (χ4v) is 3.68. The Hall–Kier alpha value is -2.95. The van der Waals surface area contributed by atoms with Gasteiger partial charge in [-0.05, 0) is 43.9 Å². The molecule has 2 aromatic heterocycles. The smallest absolute Gasteiger partial charge is 0.161 e. The molecule has 0 spiro atoms. The molecule has 1 aliphatic rings. The maximum atomic E-state index is 10.2. The number of phenols is 1. The van der Waals surface area contributed by atoms with Gasteiger partial charge < -0.3 is 10.0 Å².